The maximum absolute atomic E-state index is 12.4. The lowest BCUT2D eigenvalue weighted by Crippen LogP contribution is -2.38. The molecular formula is C21H26N2O6. The van der Waals surface area contributed by atoms with Crippen molar-refractivity contribution in [1.82, 2.24) is 9.55 Å². The highest BCUT2D eigenvalue weighted by Gasteiger charge is 2.45. The van der Waals surface area contributed by atoms with Crippen molar-refractivity contribution in [3.05, 3.63) is 74.6 Å². The fourth-order valence-corrected chi connectivity index (χ4v) is 3.39. The Morgan fingerprint density at radius 1 is 1.24 bits per heavy atom. The van der Waals surface area contributed by atoms with Gasteiger partial charge in [-0.2, -0.15) is 0 Å². The predicted octanol–water partition coefficient (Wildman–Crippen LogP) is 1.10. The van der Waals surface area contributed by atoms with Crippen LogP contribution in [-0.2, 0) is 14.2 Å². The molecule has 2 N–H and O–H groups in total. The lowest BCUT2D eigenvalue weighted by atomic mass is 9.96. The SMILES string of the molecule is COCCO[C@@H]1[C@H](C=Cc2ccccc2)[C@@H](CO)O[C@H]1n1cc(C)c(=O)[nH]c1=O. The van der Waals surface area contributed by atoms with Crippen molar-refractivity contribution in [2.45, 2.75) is 25.4 Å². The van der Waals surface area contributed by atoms with Crippen molar-refractivity contribution in [1.29, 1.82) is 0 Å². The van der Waals surface area contributed by atoms with Gasteiger partial charge in [0.25, 0.3) is 5.56 Å². The molecule has 0 spiro atoms. The molecule has 0 aliphatic carbocycles. The highest BCUT2D eigenvalue weighted by atomic mass is 16.6. The minimum atomic E-state index is -0.794. The zero-order chi connectivity index (χ0) is 20.8. The summed E-state index contributed by atoms with van der Waals surface area (Å²) in [4.78, 5) is 26.4. The average Bonchev–Trinajstić information content (AvgIpc) is 3.07. The Morgan fingerprint density at radius 3 is 2.69 bits per heavy atom. The first kappa shape index (κ1) is 21.2. The second-order valence-corrected chi connectivity index (χ2v) is 6.90. The first-order valence-electron chi connectivity index (χ1n) is 9.47. The zero-order valence-corrected chi connectivity index (χ0v) is 16.5. The van der Waals surface area contributed by atoms with Gasteiger partial charge in [-0.25, -0.2) is 4.79 Å². The van der Waals surface area contributed by atoms with Crippen molar-refractivity contribution in [3.8, 4) is 0 Å². The number of aryl methyl sites for hydroxylation is 1. The number of rotatable bonds is 8. The summed E-state index contributed by atoms with van der Waals surface area (Å²) in [5.41, 5.74) is 0.351. The first-order valence-corrected chi connectivity index (χ1v) is 9.47. The van der Waals surface area contributed by atoms with E-state index in [1.807, 2.05) is 42.5 Å². The van der Waals surface area contributed by atoms with Crippen molar-refractivity contribution >= 4 is 6.08 Å². The van der Waals surface area contributed by atoms with Gasteiger partial charge >= 0.3 is 5.69 Å². The Kier molecular flexibility index (Phi) is 7.16. The summed E-state index contributed by atoms with van der Waals surface area (Å²) in [5, 5.41) is 9.87. The van der Waals surface area contributed by atoms with E-state index in [0.29, 0.717) is 18.8 Å². The van der Waals surface area contributed by atoms with Crippen LogP contribution >= 0.6 is 0 Å². The number of aromatic nitrogens is 2. The molecule has 0 bridgehead atoms. The molecule has 1 fully saturated rings. The summed E-state index contributed by atoms with van der Waals surface area (Å²) in [7, 11) is 1.57. The molecule has 1 aliphatic heterocycles. The van der Waals surface area contributed by atoms with Crippen molar-refractivity contribution < 1.29 is 19.3 Å². The Balaban J connectivity index is 1.95. The third kappa shape index (κ3) is 4.91. The van der Waals surface area contributed by atoms with Gasteiger partial charge in [-0.15, -0.1) is 0 Å². The van der Waals surface area contributed by atoms with E-state index in [1.54, 1.807) is 14.0 Å². The summed E-state index contributed by atoms with van der Waals surface area (Å²) < 4.78 is 18.4. The van der Waals surface area contributed by atoms with Gasteiger partial charge in [0.2, 0.25) is 0 Å². The fourth-order valence-electron chi connectivity index (χ4n) is 3.39. The van der Waals surface area contributed by atoms with Gasteiger partial charge in [-0.05, 0) is 12.5 Å². The molecule has 8 nitrogen and oxygen atoms in total. The maximum atomic E-state index is 12.4. The number of nitrogens with zero attached hydrogens (tertiary/aromatic N) is 1. The molecule has 3 rings (SSSR count). The van der Waals surface area contributed by atoms with E-state index < -0.39 is 29.7 Å². The van der Waals surface area contributed by atoms with Crippen molar-refractivity contribution in [3.63, 3.8) is 0 Å². The number of hydrogen-bond acceptors (Lipinski definition) is 6. The van der Waals surface area contributed by atoms with Crippen LogP contribution < -0.4 is 11.2 Å². The van der Waals surface area contributed by atoms with Crippen LogP contribution in [0, 0.1) is 12.8 Å². The number of hydrogen-bond donors (Lipinski definition) is 2. The Hall–Kier alpha value is -2.52. The van der Waals surface area contributed by atoms with Gasteiger partial charge in [-0.1, -0.05) is 42.5 Å². The van der Waals surface area contributed by atoms with Gasteiger partial charge in [0.15, 0.2) is 6.23 Å². The summed E-state index contributed by atoms with van der Waals surface area (Å²) >= 11 is 0. The smallest absolute Gasteiger partial charge is 0.330 e. The number of aromatic amines is 1. The molecule has 0 unspecified atom stereocenters. The van der Waals surface area contributed by atoms with Crippen molar-refractivity contribution in [2.24, 2.45) is 5.92 Å². The molecule has 1 aromatic heterocycles. The molecule has 1 saturated heterocycles. The third-order valence-corrected chi connectivity index (χ3v) is 4.91. The van der Waals surface area contributed by atoms with E-state index in [4.69, 9.17) is 14.2 Å². The summed E-state index contributed by atoms with van der Waals surface area (Å²) in [6.45, 7) is 2.05. The monoisotopic (exact) mass is 402 g/mol. The van der Waals surface area contributed by atoms with E-state index in [0.717, 1.165) is 5.56 Å². The number of nitrogens with one attached hydrogen (secondary N) is 1. The predicted molar refractivity (Wildman–Crippen MR) is 108 cm³/mol. The molecule has 1 aliphatic rings. The van der Waals surface area contributed by atoms with E-state index in [-0.39, 0.29) is 12.5 Å². The van der Waals surface area contributed by atoms with Crippen LogP contribution in [0.1, 0.15) is 17.4 Å². The van der Waals surface area contributed by atoms with Crippen molar-refractivity contribution in [2.75, 3.05) is 26.9 Å². The maximum Gasteiger partial charge on any atom is 0.330 e. The molecule has 0 saturated carbocycles. The summed E-state index contributed by atoms with van der Waals surface area (Å²) in [5.74, 6) is -0.304. The standard InChI is InChI=1S/C21H26N2O6/c1-14-12-23(21(26)22-19(14)25)20-18(28-11-10-27-2)16(17(13-24)29-20)9-8-15-6-4-3-5-7-15/h3-9,12,16-18,20,24H,10-11,13H2,1-2H3,(H,22,25,26)/t16-,17-,18-,20-/m1/s1. The number of H-pyrrole nitrogens is 1. The molecule has 4 atom stereocenters. The van der Waals surface area contributed by atoms with Gasteiger partial charge in [0, 0.05) is 24.8 Å². The largest absolute Gasteiger partial charge is 0.394 e. The van der Waals surface area contributed by atoms with E-state index in [9.17, 15) is 14.7 Å². The number of ether oxygens (including phenoxy) is 3. The topological polar surface area (TPSA) is 103 Å². The molecule has 29 heavy (non-hydrogen) atoms. The van der Waals surface area contributed by atoms with E-state index >= 15 is 0 Å². The summed E-state index contributed by atoms with van der Waals surface area (Å²) in [6.07, 6.45) is 3.41. The second-order valence-electron chi connectivity index (χ2n) is 6.90. The normalized spacial score (nSPS) is 24.4. The zero-order valence-electron chi connectivity index (χ0n) is 16.5. The van der Waals surface area contributed by atoms with Crippen LogP contribution in [0.5, 0.6) is 0 Å². The minimum Gasteiger partial charge on any atom is -0.394 e. The fraction of sp³-hybridized carbons (Fsp3) is 0.429. The Bertz CT molecular complexity index is 936. The number of aliphatic hydroxyl groups excluding tert-OH is 1. The highest BCUT2D eigenvalue weighted by Crippen LogP contribution is 2.36. The number of aliphatic hydroxyl groups is 1. The Morgan fingerprint density at radius 2 is 2.00 bits per heavy atom. The molecule has 0 amide bonds. The highest BCUT2D eigenvalue weighted by molar-refractivity contribution is 5.49. The quantitative estimate of drug-likeness (QED) is 0.641. The second kappa shape index (κ2) is 9.80. The van der Waals surface area contributed by atoms with Crippen LogP contribution in [-0.4, -0.2) is 53.8 Å². The van der Waals surface area contributed by atoms with Crippen LogP contribution in [0.15, 0.2) is 52.2 Å². The van der Waals surface area contributed by atoms with Crippen LogP contribution in [0.3, 0.4) is 0 Å². The van der Waals surface area contributed by atoms with Gasteiger partial charge in [0.1, 0.15) is 6.10 Å². The molecule has 156 valence electrons. The Labute approximate surface area is 168 Å². The van der Waals surface area contributed by atoms with Crippen LogP contribution in [0.2, 0.25) is 0 Å². The van der Waals surface area contributed by atoms with Crippen LogP contribution in [0.4, 0.5) is 0 Å². The lowest BCUT2D eigenvalue weighted by molar-refractivity contribution is -0.0792. The third-order valence-electron chi connectivity index (χ3n) is 4.91. The summed E-state index contributed by atoms with van der Waals surface area (Å²) in [6, 6.07) is 9.74. The van der Waals surface area contributed by atoms with E-state index in [2.05, 4.69) is 4.98 Å². The average molecular weight is 402 g/mol. The van der Waals surface area contributed by atoms with Gasteiger partial charge in [0.05, 0.1) is 25.9 Å². The molecule has 1 aromatic carbocycles. The first-order chi connectivity index (χ1) is 14.0. The van der Waals surface area contributed by atoms with Crippen LogP contribution in [0.25, 0.3) is 6.08 Å². The molecular weight excluding hydrogens is 376 g/mol. The molecule has 8 heteroatoms. The number of benzene rings is 1. The molecule has 2 heterocycles. The molecule has 2 aromatic rings. The lowest BCUT2D eigenvalue weighted by Gasteiger charge is -2.23. The van der Waals surface area contributed by atoms with Gasteiger partial charge in [-0.3, -0.25) is 14.3 Å². The minimum absolute atomic E-state index is 0.235. The number of methoxy groups -OCH3 is 1. The molecule has 0 radical (unpaired) electrons. The van der Waals surface area contributed by atoms with Gasteiger partial charge < -0.3 is 19.3 Å². The van der Waals surface area contributed by atoms with E-state index in [1.165, 1.54) is 10.8 Å².